The number of carbonyl (C=O) groups is 1. The number of hydrogen-bond donors (Lipinski definition) is 2. The topological polar surface area (TPSA) is 104 Å². The molecule has 3 rings (SSSR count). The van der Waals surface area contributed by atoms with E-state index in [0.29, 0.717) is 17.0 Å². The van der Waals surface area contributed by atoms with E-state index in [4.69, 9.17) is 5.84 Å². The summed E-state index contributed by atoms with van der Waals surface area (Å²) in [6.45, 7) is 10.0. The van der Waals surface area contributed by atoms with Crippen LogP contribution in [0.1, 0.15) is 42.3 Å². The van der Waals surface area contributed by atoms with Crippen molar-refractivity contribution < 1.29 is 4.79 Å². The van der Waals surface area contributed by atoms with Gasteiger partial charge in [0, 0.05) is 11.4 Å². The van der Waals surface area contributed by atoms with Crippen LogP contribution in [0, 0.1) is 20.8 Å². The highest BCUT2D eigenvalue weighted by molar-refractivity contribution is 7.99. The first-order chi connectivity index (χ1) is 13.3. The highest BCUT2D eigenvalue weighted by Crippen LogP contribution is 2.28. The fourth-order valence-electron chi connectivity index (χ4n) is 2.99. The Morgan fingerprint density at radius 3 is 2.64 bits per heavy atom. The molecule has 0 aliphatic heterocycles. The second-order valence-electron chi connectivity index (χ2n) is 7.02. The van der Waals surface area contributed by atoms with E-state index in [0.717, 1.165) is 28.2 Å². The van der Waals surface area contributed by atoms with Crippen molar-refractivity contribution in [3.8, 4) is 5.95 Å². The van der Waals surface area contributed by atoms with Crippen LogP contribution >= 0.6 is 11.8 Å². The highest BCUT2D eigenvalue weighted by Gasteiger charge is 2.17. The van der Waals surface area contributed by atoms with Gasteiger partial charge in [-0.15, -0.1) is 10.2 Å². The third-order valence-corrected chi connectivity index (χ3v) is 5.31. The highest BCUT2D eigenvalue weighted by atomic mass is 32.2. The molecule has 2 heterocycles. The van der Waals surface area contributed by atoms with Gasteiger partial charge in [-0.05, 0) is 43.9 Å². The zero-order valence-electron chi connectivity index (χ0n) is 16.7. The number of benzene rings is 1. The van der Waals surface area contributed by atoms with Gasteiger partial charge in [0.1, 0.15) is 0 Å². The van der Waals surface area contributed by atoms with E-state index in [1.807, 2.05) is 45.0 Å². The number of aryl methyl sites for hydroxylation is 3. The predicted octanol–water partition coefficient (Wildman–Crippen LogP) is 2.96. The normalized spacial score (nSPS) is 11.2. The number of amides is 1. The van der Waals surface area contributed by atoms with Gasteiger partial charge in [-0.1, -0.05) is 43.8 Å². The first kappa shape index (κ1) is 19.9. The van der Waals surface area contributed by atoms with E-state index in [2.05, 4.69) is 34.5 Å². The van der Waals surface area contributed by atoms with Crippen molar-refractivity contribution in [3.63, 3.8) is 0 Å². The zero-order chi connectivity index (χ0) is 20.4. The van der Waals surface area contributed by atoms with Gasteiger partial charge >= 0.3 is 0 Å². The Morgan fingerprint density at radius 2 is 2.00 bits per heavy atom. The average Bonchev–Trinajstić information content (AvgIpc) is 3.15. The Balaban J connectivity index is 1.70. The lowest BCUT2D eigenvalue weighted by Crippen LogP contribution is -2.19. The van der Waals surface area contributed by atoms with Crippen molar-refractivity contribution in [2.24, 2.45) is 0 Å². The molecule has 8 nitrogen and oxygen atoms in total. The Morgan fingerprint density at radius 1 is 1.25 bits per heavy atom. The molecule has 0 fully saturated rings. The Bertz CT molecular complexity index is 1010. The van der Waals surface area contributed by atoms with E-state index >= 15 is 0 Å². The number of rotatable bonds is 6. The van der Waals surface area contributed by atoms with Crippen molar-refractivity contribution in [3.05, 3.63) is 46.8 Å². The van der Waals surface area contributed by atoms with Crippen molar-refractivity contribution in [2.45, 2.75) is 45.7 Å². The second kappa shape index (κ2) is 8.05. The number of aromatic nitrogens is 5. The Labute approximate surface area is 168 Å². The van der Waals surface area contributed by atoms with Crippen LogP contribution in [0.15, 0.2) is 29.4 Å². The molecule has 0 spiro atoms. The number of anilines is 1. The molecule has 0 saturated heterocycles. The molecule has 9 heteroatoms. The van der Waals surface area contributed by atoms with Crippen molar-refractivity contribution in [1.82, 2.24) is 24.7 Å². The molecular formula is C19H25N7OS. The summed E-state index contributed by atoms with van der Waals surface area (Å²) in [5, 5.41) is 16.0. The molecule has 0 atom stereocenters. The summed E-state index contributed by atoms with van der Waals surface area (Å²) in [5.41, 5.74) is 4.81. The van der Waals surface area contributed by atoms with Crippen LogP contribution in [0.3, 0.4) is 0 Å². The van der Waals surface area contributed by atoms with Crippen LogP contribution in [0.4, 0.5) is 5.69 Å². The number of thioether (sulfide) groups is 1. The SMILES string of the molecule is Cc1cc(C)n(-c2nnc(SCC(=O)Nc3c(C)cccc3C(C)C)n2N)n1. The van der Waals surface area contributed by atoms with Crippen LogP contribution in [-0.4, -0.2) is 36.3 Å². The van der Waals surface area contributed by atoms with Crippen molar-refractivity contribution in [1.29, 1.82) is 0 Å². The van der Waals surface area contributed by atoms with Gasteiger partial charge in [-0.3, -0.25) is 4.79 Å². The molecule has 1 aromatic carbocycles. The molecule has 28 heavy (non-hydrogen) atoms. The van der Waals surface area contributed by atoms with E-state index in [-0.39, 0.29) is 11.7 Å². The third-order valence-electron chi connectivity index (χ3n) is 4.37. The van der Waals surface area contributed by atoms with Crippen LogP contribution in [0.5, 0.6) is 0 Å². The first-order valence-electron chi connectivity index (χ1n) is 9.04. The van der Waals surface area contributed by atoms with E-state index in [1.165, 1.54) is 16.4 Å². The minimum Gasteiger partial charge on any atom is -0.334 e. The molecule has 148 valence electrons. The molecular weight excluding hydrogens is 374 g/mol. The minimum absolute atomic E-state index is 0.114. The number of nitrogens with zero attached hydrogens (tertiary/aromatic N) is 5. The Hall–Kier alpha value is -2.81. The smallest absolute Gasteiger partial charge is 0.271 e. The maximum atomic E-state index is 12.5. The summed E-state index contributed by atoms with van der Waals surface area (Å²) in [4.78, 5) is 12.5. The van der Waals surface area contributed by atoms with Crippen molar-refractivity contribution in [2.75, 3.05) is 16.9 Å². The lowest BCUT2D eigenvalue weighted by Gasteiger charge is -2.16. The van der Waals surface area contributed by atoms with Gasteiger partial charge in [-0.25, -0.2) is 9.36 Å². The molecule has 1 amide bonds. The van der Waals surface area contributed by atoms with E-state index in [1.54, 1.807) is 4.68 Å². The predicted molar refractivity (Wildman–Crippen MR) is 111 cm³/mol. The largest absolute Gasteiger partial charge is 0.334 e. The quantitative estimate of drug-likeness (QED) is 0.488. The number of nitrogens with one attached hydrogen (secondary N) is 1. The molecule has 0 unspecified atom stereocenters. The summed E-state index contributed by atoms with van der Waals surface area (Å²) in [6.07, 6.45) is 0. The molecule has 0 aliphatic carbocycles. The van der Waals surface area contributed by atoms with E-state index < -0.39 is 0 Å². The lowest BCUT2D eigenvalue weighted by molar-refractivity contribution is -0.113. The molecule has 0 aliphatic rings. The van der Waals surface area contributed by atoms with Crippen LogP contribution < -0.4 is 11.2 Å². The summed E-state index contributed by atoms with van der Waals surface area (Å²) in [6, 6.07) is 7.97. The Kier molecular flexibility index (Phi) is 5.73. The number of nitrogens with two attached hydrogens (primary N) is 1. The van der Waals surface area contributed by atoms with Crippen LogP contribution in [0.25, 0.3) is 5.95 Å². The number of para-hydroxylation sites is 1. The van der Waals surface area contributed by atoms with Gasteiger partial charge in [0.05, 0.1) is 11.4 Å². The first-order valence-corrected chi connectivity index (χ1v) is 10.0. The van der Waals surface area contributed by atoms with E-state index in [9.17, 15) is 4.79 Å². The molecule has 0 radical (unpaired) electrons. The van der Waals surface area contributed by atoms with Gasteiger partial charge < -0.3 is 11.2 Å². The monoisotopic (exact) mass is 399 g/mol. The number of hydrogen-bond acceptors (Lipinski definition) is 6. The van der Waals surface area contributed by atoms with Crippen molar-refractivity contribution >= 4 is 23.4 Å². The standard InChI is InChI=1S/C19H25N7OS/c1-11(2)15-8-6-7-12(3)17(15)21-16(27)10-28-19-23-22-18(25(19)20)26-14(5)9-13(4)24-26/h6-9,11H,10,20H2,1-5H3,(H,21,27). The number of nitrogen functional groups attached to an aromatic ring is 1. The maximum Gasteiger partial charge on any atom is 0.271 e. The van der Waals surface area contributed by atoms with Gasteiger partial charge in [-0.2, -0.15) is 5.10 Å². The van der Waals surface area contributed by atoms with Gasteiger partial charge in [0.25, 0.3) is 5.95 Å². The second-order valence-corrected chi connectivity index (χ2v) is 7.96. The summed E-state index contributed by atoms with van der Waals surface area (Å²) >= 11 is 1.23. The summed E-state index contributed by atoms with van der Waals surface area (Å²) < 4.78 is 2.99. The summed E-state index contributed by atoms with van der Waals surface area (Å²) in [5.74, 6) is 6.91. The molecule has 2 aromatic heterocycles. The maximum absolute atomic E-state index is 12.5. The van der Waals surface area contributed by atoms with Gasteiger partial charge in [0.2, 0.25) is 11.1 Å². The fourth-order valence-corrected chi connectivity index (χ4v) is 3.64. The molecule has 3 aromatic rings. The zero-order valence-corrected chi connectivity index (χ0v) is 17.5. The minimum atomic E-state index is -0.114. The van der Waals surface area contributed by atoms with Crippen LogP contribution in [0.2, 0.25) is 0 Å². The fraction of sp³-hybridized carbons (Fsp3) is 0.368. The number of carbonyl (C=O) groups excluding carboxylic acids is 1. The molecule has 3 N–H and O–H groups in total. The molecule has 0 saturated carbocycles. The average molecular weight is 400 g/mol. The van der Waals surface area contributed by atoms with Crippen LogP contribution in [-0.2, 0) is 4.79 Å². The lowest BCUT2D eigenvalue weighted by atomic mass is 9.98. The van der Waals surface area contributed by atoms with Gasteiger partial charge in [0.15, 0.2) is 0 Å². The summed E-state index contributed by atoms with van der Waals surface area (Å²) in [7, 11) is 0. The molecule has 0 bridgehead atoms. The third kappa shape index (κ3) is 4.04.